The van der Waals surface area contributed by atoms with Gasteiger partial charge in [0.2, 0.25) is 0 Å². The van der Waals surface area contributed by atoms with Gasteiger partial charge in [0, 0.05) is 31.0 Å². The van der Waals surface area contributed by atoms with E-state index in [2.05, 4.69) is 15.9 Å². The minimum Gasteiger partial charge on any atom is -0.399 e. The Hall–Kier alpha value is -1.13. The average molecular weight is 310 g/mol. The van der Waals surface area contributed by atoms with Crippen LogP contribution in [0.2, 0.25) is 0 Å². The Bertz CT molecular complexity index is 569. The fourth-order valence-corrected chi connectivity index (χ4v) is 3.19. The highest BCUT2D eigenvalue weighted by Gasteiger charge is 2.14. The molecule has 0 aliphatic carbocycles. The number of hydrogen-bond acceptors (Lipinski definition) is 3. The summed E-state index contributed by atoms with van der Waals surface area (Å²) >= 11 is 4.98. The molecule has 2 aromatic rings. The maximum absolute atomic E-state index is 12.3. The monoisotopic (exact) mass is 309 g/mol. The number of ketones is 1. The number of benzene rings is 1. The van der Waals surface area contributed by atoms with Crippen LogP contribution < -0.4 is 5.73 Å². The lowest BCUT2D eigenvalue weighted by Gasteiger charge is -2.03. The molecule has 0 fully saturated rings. The molecule has 2 rings (SSSR count). The van der Waals surface area contributed by atoms with Crippen LogP contribution >= 0.6 is 27.3 Å². The van der Waals surface area contributed by atoms with E-state index in [1.807, 2.05) is 19.9 Å². The van der Waals surface area contributed by atoms with E-state index in [-0.39, 0.29) is 5.78 Å². The first-order valence-electron chi connectivity index (χ1n) is 5.15. The van der Waals surface area contributed by atoms with Crippen molar-refractivity contribution in [1.82, 2.24) is 0 Å². The molecule has 0 spiro atoms. The fourth-order valence-electron chi connectivity index (χ4n) is 1.76. The largest absolute Gasteiger partial charge is 0.399 e. The van der Waals surface area contributed by atoms with E-state index < -0.39 is 0 Å². The predicted molar refractivity (Wildman–Crippen MR) is 75.8 cm³/mol. The zero-order chi connectivity index (χ0) is 12.6. The van der Waals surface area contributed by atoms with E-state index >= 15 is 0 Å². The molecule has 0 amide bonds. The topological polar surface area (TPSA) is 43.1 Å². The molecular weight excluding hydrogens is 298 g/mol. The zero-order valence-corrected chi connectivity index (χ0v) is 12.0. The SMILES string of the molecule is Cc1cc(C(=O)c2cc(N)cc(Br)c2)c(C)s1. The van der Waals surface area contributed by atoms with Gasteiger partial charge in [-0.05, 0) is 38.1 Å². The lowest BCUT2D eigenvalue weighted by Crippen LogP contribution is -2.02. The van der Waals surface area contributed by atoms with Gasteiger partial charge in [0.05, 0.1) is 0 Å². The molecule has 2 N–H and O–H groups in total. The van der Waals surface area contributed by atoms with Crippen LogP contribution in [0.1, 0.15) is 25.7 Å². The molecule has 1 heterocycles. The third kappa shape index (κ3) is 2.58. The highest BCUT2D eigenvalue weighted by molar-refractivity contribution is 9.10. The number of aryl methyl sites for hydroxylation is 2. The molecule has 1 aromatic carbocycles. The molecule has 4 heteroatoms. The van der Waals surface area contributed by atoms with Gasteiger partial charge in [-0.15, -0.1) is 11.3 Å². The van der Waals surface area contributed by atoms with Crippen molar-refractivity contribution in [1.29, 1.82) is 0 Å². The number of anilines is 1. The predicted octanol–water partition coefficient (Wildman–Crippen LogP) is 3.94. The Labute approximate surface area is 113 Å². The molecular formula is C13H12BrNOS. The summed E-state index contributed by atoms with van der Waals surface area (Å²) in [6.45, 7) is 3.97. The Kier molecular flexibility index (Phi) is 3.35. The van der Waals surface area contributed by atoms with Crippen molar-refractivity contribution in [2.75, 3.05) is 5.73 Å². The fraction of sp³-hybridized carbons (Fsp3) is 0.154. The normalized spacial score (nSPS) is 10.5. The molecule has 0 aliphatic rings. The van der Waals surface area contributed by atoms with E-state index in [0.717, 1.165) is 19.8 Å². The van der Waals surface area contributed by atoms with Gasteiger partial charge in [-0.2, -0.15) is 0 Å². The van der Waals surface area contributed by atoms with Gasteiger partial charge < -0.3 is 5.73 Å². The van der Waals surface area contributed by atoms with Crippen LogP contribution in [0.15, 0.2) is 28.7 Å². The van der Waals surface area contributed by atoms with Crippen molar-refractivity contribution in [3.05, 3.63) is 49.6 Å². The van der Waals surface area contributed by atoms with Gasteiger partial charge in [-0.25, -0.2) is 0 Å². The first-order chi connectivity index (χ1) is 7.97. The van der Waals surface area contributed by atoms with Gasteiger partial charge >= 0.3 is 0 Å². The number of nitrogen functional groups attached to an aromatic ring is 1. The van der Waals surface area contributed by atoms with Gasteiger partial charge in [0.1, 0.15) is 0 Å². The van der Waals surface area contributed by atoms with Gasteiger partial charge in [-0.3, -0.25) is 4.79 Å². The maximum atomic E-state index is 12.3. The Morgan fingerprint density at radius 2 is 1.94 bits per heavy atom. The first-order valence-corrected chi connectivity index (χ1v) is 6.76. The van der Waals surface area contributed by atoms with Crippen LogP contribution in [0.5, 0.6) is 0 Å². The number of carbonyl (C=O) groups excluding carboxylic acids is 1. The molecule has 0 aliphatic heterocycles. The summed E-state index contributed by atoms with van der Waals surface area (Å²) < 4.78 is 0.824. The Morgan fingerprint density at radius 3 is 2.47 bits per heavy atom. The standard InChI is InChI=1S/C13H12BrNOS/c1-7-3-12(8(2)17-7)13(16)9-4-10(14)6-11(15)5-9/h3-6H,15H2,1-2H3. The van der Waals surface area contributed by atoms with Gasteiger partial charge in [0.15, 0.2) is 5.78 Å². The van der Waals surface area contributed by atoms with Crippen LogP contribution in [0.3, 0.4) is 0 Å². The average Bonchev–Trinajstić information content (AvgIpc) is 2.55. The number of halogens is 1. The van der Waals surface area contributed by atoms with E-state index in [1.54, 1.807) is 29.5 Å². The number of hydrogen-bond donors (Lipinski definition) is 1. The van der Waals surface area contributed by atoms with Crippen molar-refractivity contribution in [2.45, 2.75) is 13.8 Å². The van der Waals surface area contributed by atoms with Crippen molar-refractivity contribution in [3.8, 4) is 0 Å². The summed E-state index contributed by atoms with van der Waals surface area (Å²) in [4.78, 5) is 14.5. The summed E-state index contributed by atoms with van der Waals surface area (Å²) in [5.41, 5.74) is 7.72. The quantitative estimate of drug-likeness (QED) is 0.674. The van der Waals surface area contributed by atoms with E-state index in [0.29, 0.717) is 11.3 Å². The molecule has 0 radical (unpaired) electrons. The van der Waals surface area contributed by atoms with Crippen LogP contribution in [0.4, 0.5) is 5.69 Å². The zero-order valence-electron chi connectivity index (χ0n) is 9.58. The number of nitrogens with two attached hydrogens (primary N) is 1. The van der Waals surface area contributed by atoms with Crippen molar-refractivity contribution in [2.24, 2.45) is 0 Å². The molecule has 0 saturated heterocycles. The summed E-state index contributed by atoms with van der Waals surface area (Å²) in [5, 5.41) is 0. The number of carbonyl (C=O) groups is 1. The second-order valence-corrected chi connectivity index (χ2v) is 6.31. The lowest BCUT2D eigenvalue weighted by molar-refractivity contribution is 0.103. The highest BCUT2D eigenvalue weighted by Crippen LogP contribution is 2.25. The molecule has 17 heavy (non-hydrogen) atoms. The van der Waals surface area contributed by atoms with Crippen molar-refractivity contribution >= 4 is 38.7 Å². The van der Waals surface area contributed by atoms with Crippen LogP contribution in [-0.2, 0) is 0 Å². The van der Waals surface area contributed by atoms with E-state index in [1.165, 1.54) is 0 Å². The molecule has 0 atom stereocenters. The Morgan fingerprint density at radius 1 is 1.24 bits per heavy atom. The van der Waals surface area contributed by atoms with Crippen LogP contribution in [0, 0.1) is 13.8 Å². The summed E-state index contributed by atoms with van der Waals surface area (Å²) in [7, 11) is 0. The van der Waals surface area contributed by atoms with Crippen molar-refractivity contribution in [3.63, 3.8) is 0 Å². The van der Waals surface area contributed by atoms with E-state index in [9.17, 15) is 4.79 Å². The minimum absolute atomic E-state index is 0.0276. The van der Waals surface area contributed by atoms with E-state index in [4.69, 9.17) is 5.73 Å². The first kappa shape index (κ1) is 12.3. The molecule has 0 saturated carbocycles. The molecule has 88 valence electrons. The molecule has 0 bridgehead atoms. The third-order valence-electron chi connectivity index (χ3n) is 2.47. The molecule has 0 unspecified atom stereocenters. The van der Waals surface area contributed by atoms with Gasteiger partial charge in [-0.1, -0.05) is 15.9 Å². The highest BCUT2D eigenvalue weighted by atomic mass is 79.9. The maximum Gasteiger partial charge on any atom is 0.194 e. The smallest absolute Gasteiger partial charge is 0.194 e. The van der Waals surface area contributed by atoms with Crippen molar-refractivity contribution < 1.29 is 4.79 Å². The summed E-state index contributed by atoms with van der Waals surface area (Å²) in [6.07, 6.45) is 0. The van der Waals surface area contributed by atoms with Crippen LogP contribution in [-0.4, -0.2) is 5.78 Å². The van der Waals surface area contributed by atoms with Gasteiger partial charge in [0.25, 0.3) is 0 Å². The van der Waals surface area contributed by atoms with Crippen LogP contribution in [0.25, 0.3) is 0 Å². The summed E-state index contributed by atoms with van der Waals surface area (Å²) in [6, 6.07) is 7.21. The molecule has 2 nitrogen and oxygen atoms in total. The lowest BCUT2D eigenvalue weighted by atomic mass is 10.0. The Balaban J connectivity index is 2.47. The second kappa shape index (κ2) is 4.63. The third-order valence-corrected chi connectivity index (χ3v) is 3.89. The minimum atomic E-state index is 0.0276. The summed E-state index contributed by atoms with van der Waals surface area (Å²) in [5.74, 6) is 0.0276. The number of rotatable bonds is 2. The second-order valence-electron chi connectivity index (χ2n) is 3.93. The molecule has 1 aromatic heterocycles. The number of thiophene rings is 1.